The minimum Gasteiger partial charge on any atom is -0.444 e. The largest absolute Gasteiger partial charge is 0.444 e. The number of hydrogen-bond donors (Lipinski definition) is 1. The van der Waals surface area contributed by atoms with Crippen molar-refractivity contribution in [3.05, 3.63) is 76.1 Å². The summed E-state index contributed by atoms with van der Waals surface area (Å²) in [6.07, 6.45) is 5.71. The van der Waals surface area contributed by atoms with Crippen LogP contribution in [-0.2, 0) is 18.9 Å². The lowest BCUT2D eigenvalue weighted by atomic mass is 9.82. The minimum absolute atomic E-state index is 0.220. The summed E-state index contributed by atoms with van der Waals surface area (Å²) in [5.74, 6) is 1.12. The Kier molecular flexibility index (Phi) is 6.66. The summed E-state index contributed by atoms with van der Waals surface area (Å²) in [6, 6.07) is 10.4. The minimum atomic E-state index is -1.27. The third-order valence-electron chi connectivity index (χ3n) is 8.17. The van der Waals surface area contributed by atoms with Gasteiger partial charge in [0.15, 0.2) is 17.8 Å². The fourth-order valence-electron chi connectivity index (χ4n) is 6.01. The van der Waals surface area contributed by atoms with Gasteiger partial charge in [-0.25, -0.2) is 9.37 Å². The summed E-state index contributed by atoms with van der Waals surface area (Å²) < 4.78 is 29.2. The molecule has 1 saturated carbocycles. The number of carbonyl (C=O) groups excluding carboxylic acids is 1. The average Bonchev–Trinajstić information content (AvgIpc) is 3.43. The number of fused-ring (bicyclic) bond motifs is 1. The van der Waals surface area contributed by atoms with E-state index < -0.39 is 11.6 Å². The molecule has 1 N–H and O–H groups in total. The molecule has 1 aromatic heterocycles. The summed E-state index contributed by atoms with van der Waals surface area (Å²) in [5.41, 5.74) is 1.97. The van der Waals surface area contributed by atoms with Crippen molar-refractivity contribution < 1.29 is 23.8 Å². The number of aliphatic hydroxyl groups is 1. The van der Waals surface area contributed by atoms with Crippen LogP contribution in [0.2, 0.25) is 5.02 Å². The maximum atomic E-state index is 14.7. The van der Waals surface area contributed by atoms with Gasteiger partial charge in [0.25, 0.3) is 5.79 Å². The van der Waals surface area contributed by atoms with E-state index in [1.807, 2.05) is 16.7 Å². The molecular formula is C29H31ClFN3O4. The van der Waals surface area contributed by atoms with E-state index in [0.717, 1.165) is 63.0 Å². The van der Waals surface area contributed by atoms with Crippen molar-refractivity contribution >= 4 is 17.9 Å². The Morgan fingerprint density at radius 3 is 2.71 bits per heavy atom. The van der Waals surface area contributed by atoms with Gasteiger partial charge in [-0.3, -0.25) is 9.69 Å². The van der Waals surface area contributed by atoms with Crippen LogP contribution in [0.15, 0.2) is 42.6 Å². The molecule has 1 atom stereocenters. The number of likely N-dealkylation sites (tertiary alicyclic amines) is 1. The predicted molar refractivity (Wildman–Crippen MR) is 140 cm³/mol. The van der Waals surface area contributed by atoms with Crippen molar-refractivity contribution in [2.24, 2.45) is 5.92 Å². The highest BCUT2D eigenvalue weighted by molar-refractivity contribution is 6.30. The van der Waals surface area contributed by atoms with Gasteiger partial charge in [0.1, 0.15) is 17.3 Å². The van der Waals surface area contributed by atoms with Crippen molar-refractivity contribution in [1.82, 2.24) is 14.5 Å². The molecule has 9 heteroatoms. The second-order valence-electron chi connectivity index (χ2n) is 10.8. The van der Waals surface area contributed by atoms with Crippen LogP contribution in [0.25, 0.3) is 0 Å². The summed E-state index contributed by atoms with van der Waals surface area (Å²) in [4.78, 5) is 18.5. The molecule has 2 aliphatic heterocycles. The van der Waals surface area contributed by atoms with Crippen molar-refractivity contribution in [3.8, 4) is 11.5 Å². The zero-order valence-electron chi connectivity index (χ0n) is 21.3. The number of hydrogen-bond acceptors (Lipinski definition) is 6. The zero-order valence-corrected chi connectivity index (χ0v) is 22.0. The third-order valence-corrected chi connectivity index (χ3v) is 8.40. The molecule has 3 aliphatic rings. The smallest absolute Gasteiger partial charge is 0.278 e. The lowest BCUT2D eigenvalue weighted by molar-refractivity contribution is -0.0712. The van der Waals surface area contributed by atoms with E-state index in [1.165, 1.54) is 6.07 Å². The first kappa shape index (κ1) is 25.3. The zero-order chi connectivity index (χ0) is 26.4. The Labute approximate surface area is 226 Å². The Balaban J connectivity index is 1.13. The number of aromatic nitrogens is 2. The van der Waals surface area contributed by atoms with Crippen LogP contribution in [0.4, 0.5) is 4.39 Å². The van der Waals surface area contributed by atoms with Crippen molar-refractivity contribution in [2.45, 2.75) is 63.5 Å². The molecule has 2 aromatic carbocycles. The van der Waals surface area contributed by atoms with Gasteiger partial charge in [-0.1, -0.05) is 23.7 Å². The van der Waals surface area contributed by atoms with Crippen molar-refractivity contribution in [1.29, 1.82) is 0 Å². The maximum Gasteiger partial charge on any atom is 0.278 e. The number of rotatable bonds is 7. The standard InChI is InChI=1S/C29H31ClFN3O4/c1-29(24-6-5-20(30)13-25(24)31)37-26-4-2-3-23(28(26)38-29)19-7-9-33(10-8-19)16-27-32-14-21(17-35)34(27)15-18-11-22(36)12-18/h2-6,13-14,17-19,22,36H,7-12,15-16H2,1H3. The number of piperidine rings is 1. The fraction of sp³-hybridized carbons (Fsp3) is 0.448. The highest BCUT2D eigenvalue weighted by Crippen LogP contribution is 2.49. The third kappa shape index (κ3) is 4.70. The molecule has 1 aliphatic carbocycles. The molecule has 38 heavy (non-hydrogen) atoms. The van der Waals surface area contributed by atoms with Crippen LogP contribution >= 0.6 is 11.6 Å². The van der Waals surface area contributed by atoms with Crippen LogP contribution in [0.3, 0.4) is 0 Å². The van der Waals surface area contributed by atoms with Crippen molar-refractivity contribution in [2.75, 3.05) is 13.1 Å². The molecule has 0 spiro atoms. The Bertz CT molecular complexity index is 1350. The number of aliphatic hydroxyl groups excluding tert-OH is 1. The molecule has 3 heterocycles. The summed E-state index contributed by atoms with van der Waals surface area (Å²) in [6.45, 7) is 4.88. The number of halogens is 2. The van der Waals surface area contributed by atoms with E-state index in [2.05, 4.69) is 16.0 Å². The first-order valence-corrected chi connectivity index (χ1v) is 13.6. The lowest BCUT2D eigenvalue weighted by Gasteiger charge is -2.34. The van der Waals surface area contributed by atoms with Crippen LogP contribution in [0, 0.1) is 11.7 Å². The molecule has 1 unspecified atom stereocenters. The topological polar surface area (TPSA) is 76.8 Å². The number of aldehydes is 1. The van der Waals surface area contributed by atoms with Crippen LogP contribution in [-0.4, -0.2) is 45.0 Å². The first-order valence-electron chi connectivity index (χ1n) is 13.2. The molecule has 2 fully saturated rings. The molecule has 1 saturated heterocycles. The van der Waals surface area contributed by atoms with E-state index in [-0.39, 0.29) is 12.0 Å². The predicted octanol–water partition coefficient (Wildman–Crippen LogP) is 5.28. The summed E-state index contributed by atoms with van der Waals surface area (Å²) in [7, 11) is 0. The SMILES string of the molecule is CC1(c2ccc(Cl)cc2F)Oc2cccc(C3CCN(Cc4ncc(C=O)n4CC4CC(O)C4)CC3)c2O1. The average molecular weight is 540 g/mol. The van der Waals surface area contributed by atoms with Gasteiger partial charge in [-0.2, -0.15) is 0 Å². The lowest BCUT2D eigenvalue weighted by Crippen LogP contribution is -2.35. The molecular weight excluding hydrogens is 509 g/mol. The number of nitrogens with zero attached hydrogens (tertiary/aromatic N) is 3. The van der Waals surface area contributed by atoms with E-state index in [1.54, 1.807) is 25.3 Å². The molecule has 200 valence electrons. The number of benzene rings is 2. The van der Waals surface area contributed by atoms with Crippen LogP contribution in [0.5, 0.6) is 11.5 Å². The number of imidazole rings is 1. The quantitative estimate of drug-likeness (QED) is 0.412. The van der Waals surface area contributed by atoms with Gasteiger partial charge in [-0.05, 0) is 74.9 Å². The van der Waals surface area contributed by atoms with Crippen LogP contribution in [0.1, 0.15) is 66.0 Å². The number of ether oxygens (including phenoxy) is 2. The van der Waals surface area contributed by atoms with Gasteiger partial charge >= 0.3 is 0 Å². The Hall–Kier alpha value is -2.94. The number of para-hydroxylation sites is 1. The van der Waals surface area contributed by atoms with Crippen molar-refractivity contribution in [3.63, 3.8) is 0 Å². The first-order chi connectivity index (χ1) is 18.3. The van der Waals surface area contributed by atoms with E-state index in [4.69, 9.17) is 21.1 Å². The molecule has 0 radical (unpaired) electrons. The molecule has 6 rings (SSSR count). The van der Waals surface area contributed by atoms with Gasteiger partial charge < -0.3 is 19.1 Å². The fourth-order valence-corrected chi connectivity index (χ4v) is 6.17. The highest BCUT2D eigenvalue weighted by atomic mass is 35.5. The Morgan fingerprint density at radius 2 is 2.00 bits per heavy atom. The molecule has 3 aromatic rings. The highest BCUT2D eigenvalue weighted by Gasteiger charge is 2.43. The molecule has 0 bridgehead atoms. The summed E-state index contributed by atoms with van der Waals surface area (Å²) >= 11 is 5.95. The van der Waals surface area contributed by atoms with Gasteiger partial charge in [0, 0.05) is 24.1 Å². The second kappa shape index (κ2) is 9.98. The normalized spacial score (nSPS) is 25.4. The van der Waals surface area contributed by atoms with Gasteiger partial charge in [0.05, 0.1) is 24.4 Å². The van der Waals surface area contributed by atoms with Gasteiger partial charge in [0.2, 0.25) is 0 Å². The number of carbonyl (C=O) groups is 1. The van der Waals surface area contributed by atoms with Gasteiger partial charge in [-0.15, -0.1) is 0 Å². The molecule has 0 amide bonds. The van der Waals surface area contributed by atoms with E-state index in [0.29, 0.717) is 40.2 Å². The summed E-state index contributed by atoms with van der Waals surface area (Å²) in [5, 5.41) is 9.97. The Morgan fingerprint density at radius 1 is 1.21 bits per heavy atom. The monoisotopic (exact) mass is 539 g/mol. The van der Waals surface area contributed by atoms with Crippen LogP contribution < -0.4 is 9.47 Å². The van der Waals surface area contributed by atoms with E-state index >= 15 is 0 Å². The van der Waals surface area contributed by atoms with E-state index in [9.17, 15) is 14.3 Å². The maximum absolute atomic E-state index is 14.7. The molecule has 7 nitrogen and oxygen atoms in total. The second-order valence-corrected chi connectivity index (χ2v) is 11.3.